The average molecular weight is 369 g/mol. The summed E-state index contributed by atoms with van der Waals surface area (Å²) < 4.78 is 36.4. The summed E-state index contributed by atoms with van der Waals surface area (Å²) in [6.07, 6.45) is -0.411. The van der Waals surface area contributed by atoms with Crippen LogP contribution >= 0.6 is 7.52 Å². The molecule has 1 aliphatic heterocycles. The fourth-order valence-electron chi connectivity index (χ4n) is 3.51. The Bertz CT molecular complexity index is 978. The first-order valence-electron chi connectivity index (χ1n) is 8.70. The fourth-order valence-corrected chi connectivity index (χ4v) is 5.88. The van der Waals surface area contributed by atoms with Crippen molar-refractivity contribution in [2.24, 2.45) is 0 Å². The van der Waals surface area contributed by atoms with E-state index in [9.17, 15) is 4.57 Å². The lowest BCUT2D eigenvalue weighted by Gasteiger charge is -2.24. The van der Waals surface area contributed by atoms with Crippen LogP contribution in [0.25, 0.3) is 10.8 Å². The minimum absolute atomic E-state index is 0.179. The third-order valence-electron chi connectivity index (χ3n) is 5.20. The van der Waals surface area contributed by atoms with Gasteiger partial charge in [-0.1, -0.05) is 66.7 Å². The highest BCUT2D eigenvalue weighted by atomic mass is 31.2. The monoisotopic (exact) mass is 369 g/mol. The van der Waals surface area contributed by atoms with E-state index in [1.165, 1.54) is 0 Å². The van der Waals surface area contributed by atoms with E-state index in [-0.39, 0.29) is 6.04 Å². The number of benzene rings is 3. The van der Waals surface area contributed by atoms with Crippen LogP contribution in [0.2, 0.25) is 0 Å². The van der Waals surface area contributed by atoms with Crippen molar-refractivity contribution in [2.75, 3.05) is 7.05 Å². The lowest BCUT2D eigenvalue weighted by Crippen LogP contribution is -2.24. The van der Waals surface area contributed by atoms with Crippen molar-refractivity contribution in [3.63, 3.8) is 0 Å². The highest BCUT2D eigenvalue weighted by molar-refractivity contribution is 7.57. The maximum Gasteiger partial charge on any atom is 0.311 e. The molecule has 134 valence electrons. The first-order valence-corrected chi connectivity index (χ1v) is 10.3. The zero-order valence-electron chi connectivity index (χ0n) is 14.7. The Balaban J connectivity index is 1.69. The van der Waals surface area contributed by atoms with Crippen LogP contribution in [0, 0.1) is 0 Å². The molecular formula is C21H21FNO2P. The summed E-state index contributed by atoms with van der Waals surface area (Å²) in [6, 6.07) is 22.5. The van der Waals surface area contributed by atoms with E-state index >= 15 is 4.39 Å². The Labute approximate surface area is 152 Å². The molecule has 1 unspecified atom stereocenters. The quantitative estimate of drug-likeness (QED) is 0.523. The second-order valence-electron chi connectivity index (χ2n) is 6.76. The first kappa shape index (κ1) is 17.4. The summed E-state index contributed by atoms with van der Waals surface area (Å²) in [5, 5.41) is 1.95. The molecule has 0 amide bonds. The predicted molar refractivity (Wildman–Crippen MR) is 103 cm³/mol. The van der Waals surface area contributed by atoms with Gasteiger partial charge in [-0.25, -0.2) is 9.06 Å². The van der Waals surface area contributed by atoms with Crippen molar-refractivity contribution in [1.82, 2.24) is 4.67 Å². The number of likely N-dealkylation sites (N-methyl/N-ethyl adjacent to an activating group) is 1. The normalized spacial score (nSPS) is 27.7. The van der Waals surface area contributed by atoms with Gasteiger partial charge in [0.05, 0.1) is 0 Å². The maximum atomic E-state index is 15.4. The summed E-state index contributed by atoms with van der Waals surface area (Å²) in [5.74, 6) is -1.69. The molecule has 0 saturated carbocycles. The van der Waals surface area contributed by atoms with Crippen molar-refractivity contribution in [2.45, 2.75) is 25.0 Å². The van der Waals surface area contributed by atoms with E-state index in [0.29, 0.717) is 5.56 Å². The summed E-state index contributed by atoms with van der Waals surface area (Å²) in [4.78, 5) is 0. The van der Waals surface area contributed by atoms with E-state index in [4.69, 9.17) is 4.52 Å². The van der Waals surface area contributed by atoms with Crippen LogP contribution in [0.5, 0.6) is 0 Å². The Kier molecular flexibility index (Phi) is 4.44. The van der Waals surface area contributed by atoms with E-state index in [1.807, 2.05) is 67.6 Å². The summed E-state index contributed by atoms with van der Waals surface area (Å²) in [6.45, 7) is 1.92. The van der Waals surface area contributed by atoms with Crippen LogP contribution < -0.4 is 0 Å². The average Bonchev–Trinajstić information content (AvgIpc) is 2.93. The van der Waals surface area contributed by atoms with E-state index in [0.717, 1.165) is 16.3 Å². The van der Waals surface area contributed by atoms with Gasteiger partial charge in [-0.15, -0.1) is 0 Å². The smallest absolute Gasteiger partial charge is 0.305 e. The van der Waals surface area contributed by atoms with Crippen molar-refractivity contribution < 1.29 is 13.5 Å². The van der Waals surface area contributed by atoms with Crippen molar-refractivity contribution in [3.05, 3.63) is 83.9 Å². The topological polar surface area (TPSA) is 29.5 Å². The van der Waals surface area contributed by atoms with Gasteiger partial charge in [0.25, 0.3) is 0 Å². The Morgan fingerprint density at radius 3 is 2.38 bits per heavy atom. The van der Waals surface area contributed by atoms with Crippen LogP contribution in [0.15, 0.2) is 72.8 Å². The van der Waals surface area contributed by atoms with Gasteiger partial charge in [-0.3, -0.25) is 4.57 Å². The minimum atomic E-state index is -3.66. The number of rotatable bonds is 3. The molecule has 0 spiro atoms. The molecule has 0 radical (unpaired) electrons. The zero-order chi connectivity index (χ0) is 18.3. The SMILES string of the molecule is C[C@H]1[C@@H](c2ccccc2)OP(=O)([C@@H](F)c2ccc3ccccc3c2)N1C. The summed E-state index contributed by atoms with van der Waals surface area (Å²) >= 11 is 0. The molecule has 5 heteroatoms. The van der Waals surface area contributed by atoms with Crippen molar-refractivity contribution in [3.8, 4) is 0 Å². The molecule has 4 rings (SSSR count). The van der Waals surface area contributed by atoms with Crippen LogP contribution in [-0.4, -0.2) is 17.8 Å². The molecule has 0 bridgehead atoms. The number of fused-ring (bicyclic) bond motifs is 1. The molecule has 1 saturated heterocycles. The number of hydrogen-bond acceptors (Lipinski definition) is 2. The van der Waals surface area contributed by atoms with E-state index in [2.05, 4.69) is 0 Å². The van der Waals surface area contributed by atoms with E-state index < -0.39 is 19.5 Å². The minimum Gasteiger partial charge on any atom is -0.305 e. The molecule has 3 aromatic carbocycles. The van der Waals surface area contributed by atoms with Gasteiger partial charge < -0.3 is 4.52 Å². The van der Waals surface area contributed by atoms with Crippen LogP contribution in [0.3, 0.4) is 0 Å². The molecular weight excluding hydrogens is 348 g/mol. The lowest BCUT2D eigenvalue weighted by molar-refractivity contribution is 0.203. The fraction of sp³-hybridized carbons (Fsp3) is 0.238. The molecule has 0 aromatic heterocycles. The maximum absolute atomic E-state index is 15.4. The van der Waals surface area contributed by atoms with Gasteiger partial charge in [0.1, 0.15) is 6.10 Å². The predicted octanol–water partition coefficient (Wildman–Crippen LogP) is 6.09. The van der Waals surface area contributed by atoms with Gasteiger partial charge in [0.2, 0.25) is 5.91 Å². The Morgan fingerprint density at radius 2 is 1.65 bits per heavy atom. The number of hydrogen-bond donors (Lipinski definition) is 0. The number of nitrogens with zero attached hydrogens (tertiary/aromatic N) is 1. The molecule has 3 nitrogen and oxygen atoms in total. The highest BCUT2D eigenvalue weighted by Crippen LogP contribution is 2.70. The molecule has 1 fully saturated rings. The largest absolute Gasteiger partial charge is 0.311 e. The van der Waals surface area contributed by atoms with Gasteiger partial charge >= 0.3 is 7.52 Å². The molecule has 1 aliphatic rings. The molecule has 0 aliphatic carbocycles. The van der Waals surface area contributed by atoms with Crippen molar-refractivity contribution >= 4 is 18.3 Å². The van der Waals surface area contributed by atoms with Gasteiger partial charge in [-0.2, -0.15) is 0 Å². The van der Waals surface area contributed by atoms with E-state index in [1.54, 1.807) is 23.9 Å². The molecule has 1 heterocycles. The third-order valence-corrected chi connectivity index (χ3v) is 7.84. The first-order chi connectivity index (χ1) is 12.5. The number of halogens is 1. The van der Waals surface area contributed by atoms with Crippen LogP contribution in [-0.2, 0) is 9.09 Å². The third kappa shape index (κ3) is 2.79. The Hall–Kier alpha value is -2.00. The molecule has 3 aromatic rings. The Morgan fingerprint density at radius 1 is 1.00 bits per heavy atom. The lowest BCUT2D eigenvalue weighted by atomic mass is 10.0. The molecule has 26 heavy (non-hydrogen) atoms. The second kappa shape index (κ2) is 6.62. The van der Waals surface area contributed by atoms with Gasteiger partial charge in [0, 0.05) is 6.04 Å². The number of alkyl halides is 1. The summed E-state index contributed by atoms with van der Waals surface area (Å²) in [7, 11) is -1.98. The highest BCUT2D eigenvalue weighted by Gasteiger charge is 2.52. The zero-order valence-corrected chi connectivity index (χ0v) is 15.6. The molecule has 0 N–H and O–H groups in total. The van der Waals surface area contributed by atoms with Gasteiger partial charge in [-0.05, 0) is 41.9 Å². The summed E-state index contributed by atoms with van der Waals surface area (Å²) in [5.41, 5.74) is 1.30. The van der Waals surface area contributed by atoms with Crippen LogP contribution in [0.4, 0.5) is 4.39 Å². The van der Waals surface area contributed by atoms with Crippen molar-refractivity contribution in [1.29, 1.82) is 0 Å². The standard InChI is InChI=1S/C21H21FNO2P/c1-15-20(17-9-4-3-5-10-17)25-26(24,23(15)2)21(22)19-13-12-16-8-6-7-11-18(16)14-19/h3-15,20-21H,1-2H3/t15-,20-,21+,26?/m0/s1. The molecule has 4 atom stereocenters. The van der Waals surface area contributed by atoms with Crippen LogP contribution in [0.1, 0.15) is 30.1 Å². The second-order valence-corrected chi connectivity index (χ2v) is 9.18. The van der Waals surface area contributed by atoms with Gasteiger partial charge in [0.15, 0.2) is 0 Å².